The van der Waals surface area contributed by atoms with Crippen molar-refractivity contribution in [2.45, 2.75) is 6.61 Å². The smallest absolute Gasteiger partial charge is 0.282 e. The van der Waals surface area contributed by atoms with Crippen molar-refractivity contribution in [1.29, 1.82) is 0 Å². The van der Waals surface area contributed by atoms with Crippen LogP contribution in [0.4, 0.5) is 10.1 Å². The van der Waals surface area contributed by atoms with Gasteiger partial charge >= 0.3 is 0 Å². The first-order valence-corrected chi connectivity index (χ1v) is 9.53. The molecule has 156 valence electrons. The third kappa shape index (κ3) is 4.25. The van der Waals surface area contributed by atoms with Crippen molar-refractivity contribution in [3.63, 3.8) is 0 Å². The van der Waals surface area contributed by atoms with E-state index in [0.29, 0.717) is 29.4 Å². The first kappa shape index (κ1) is 20.2. The van der Waals surface area contributed by atoms with Crippen LogP contribution in [-0.4, -0.2) is 18.9 Å². The third-order valence-electron chi connectivity index (χ3n) is 4.73. The van der Waals surface area contributed by atoms with E-state index in [-0.39, 0.29) is 5.57 Å². The Bertz CT molecular complexity index is 1140. The van der Waals surface area contributed by atoms with Crippen molar-refractivity contribution in [3.05, 3.63) is 95.3 Å². The summed E-state index contributed by atoms with van der Waals surface area (Å²) in [7, 11) is 1.52. The maximum absolute atomic E-state index is 13.2. The number of carbonyl (C=O) groups is 2. The zero-order chi connectivity index (χ0) is 21.8. The highest BCUT2D eigenvalue weighted by atomic mass is 19.1. The van der Waals surface area contributed by atoms with Crippen LogP contribution in [0, 0.1) is 5.82 Å². The number of halogens is 1. The number of ether oxygens (including phenoxy) is 2. The molecule has 0 spiro atoms. The molecule has 1 saturated heterocycles. The lowest BCUT2D eigenvalue weighted by Crippen LogP contribution is -2.35. The Morgan fingerprint density at radius 1 is 0.968 bits per heavy atom. The number of rotatable bonds is 6. The molecule has 3 aromatic carbocycles. The number of para-hydroxylation sites is 1. The highest BCUT2D eigenvalue weighted by Gasteiger charge is 2.34. The molecule has 1 N–H and O–H groups in total. The molecule has 7 heteroatoms. The summed E-state index contributed by atoms with van der Waals surface area (Å²) in [6.07, 6.45) is 1.46. The highest BCUT2D eigenvalue weighted by Crippen LogP contribution is 2.34. The molecule has 3 aromatic rings. The summed E-state index contributed by atoms with van der Waals surface area (Å²) in [6, 6.07) is 20.1. The van der Waals surface area contributed by atoms with E-state index in [1.807, 2.05) is 30.3 Å². The predicted octanol–water partition coefficient (Wildman–Crippen LogP) is 3.87. The van der Waals surface area contributed by atoms with Crippen molar-refractivity contribution < 1.29 is 23.5 Å². The van der Waals surface area contributed by atoms with E-state index in [0.717, 1.165) is 10.6 Å². The first-order chi connectivity index (χ1) is 15.1. The van der Waals surface area contributed by atoms with Crippen LogP contribution >= 0.6 is 0 Å². The van der Waals surface area contributed by atoms with Crippen molar-refractivity contribution in [3.8, 4) is 11.5 Å². The number of methoxy groups -OCH3 is 1. The summed E-state index contributed by atoms with van der Waals surface area (Å²) in [5.41, 5.74) is 4.27. The SMILES string of the molecule is COc1cccc(/C=C2\C(=O)NN(c3ccc(F)cc3)C2=O)c1OCc1ccccc1. The molecule has 6 nitrogen and oxygen atoms in total. The third-order valence-corrected chi connectivity index (χ3v) is 4.73. The van der Waals surface area contributed by atoms with Crippen LogP contribution < -0.4 is 19.9 Å². The Labute approximate surface area is 178 Å². The van der Waals surface area contributed by atoms with Crippen molar-refractivity contribution in [2.75, 3.05) is 12.1 Å². The van der Waals surface area contributed by atoms with Gasteiger partial charge in [-0.3, -0.25) is 15.0 Å². The molecule has 1 aliphatic heterocycles. The van der Waals surface area contributed by atoms with Gasteiger partial charge in [0.1, 0.15) is 18.0 Å². The maximum Gasteiger partial charge on any atom is 0.282 e. The number of amides is 2. The van der Waals surface area contributed by atoms with Gasteiger partial charge in [-0.15, -0.1) is 0 Å². The quantitative estimate of drug-likeness (QED) is 0.487. The van der Waals surface area contributed by atoms with E-state index in [9.17, 15) is 14.0 Å². The van der Waals surface area contributed by atoms with Crippen molar-refractivity contribution >= 4 is 23.6 Å². The summed E-state index contributed by atoms with van der Waals surface area (Å²) in [6.45, 7) is 0.291. The lowest BCUT2D eigenvalue weighted by molar-refractivity contribution is -0.117. The highest BCUT2D eigenvalue weighted by molar-refractivity contribution is 6.31. The largest absolute Gasteiger partial charge is 0.493 e. The minimum Gasteiger partial charge on any atom is -0.493 e. The second-order valence-electron chi connectivity index (χ2n) is 6.77. The average molecular weight is 418 g/mol. The van der Waals surface area contributed by atoms with Crippen LogP contribution in [0.5, 0.6) is 11.5 Å². The molecule has 0 aliphatic carbocycles. The summed E-state index contributed by atoms with van der Waals surface area (Å²) in [5, 5.41) is 1.08. The Balaban J connectivity index is 1.65. The van der Waals surface area contributed by atoms with Crippen molar-refractivity contribution in [2.24, 2.45) is 0 Å². The normalized spacial score (nSPS) is 14.6. The van der Waals surface area contributed by atoms with E-state index >= 15 is 0 Å². The Kier molecular flexibility index (Phi) is 5.66. The molecule has 31 heavy (non-hydrogen) atoms. The average Bonchev–Trinajstić information content (AvgIpc) is 3.07. The summed E-state index contributed by atoms with van der Waals surface area (Å²) in [5.74, 6) is -0.651. The molecule has 1 aliphatic rings. The molecule has 2 amide bonds. The molecular formula is C24H19FN2O4. The summed E-state index contributed by atoms with van der Waals surface area (Å²) < 4.78 is 24.6. The van der Waals surface area contributed by atoms with E-state index in [1.54, 1.807) is 18.2 Å². The van der Waals surface area contributed by atoms with Crippen LogP contribution in [0.15, 0.2) is 78.4 Å². The number of nitrogens with zero attached hydrogens (tertiary/aromatic N) is 1. The lowest BCUT2D eigenvalue weighted by Gasteiger charge is -2.14. The van der Waals surface area contributed by atoms with Gasteiger partial charge in [0, 0.05) is 5.56 Å². The molecule has 0 aromatic heterocycles. The summed E-state index contributed by atoms with van der Waals surface area (Å²) >= 11 is 0. The van der Waals surface area contributed by atoms with Gasteiger partial charge in [0.2, 0.25) is 0 Å². The van der Waals surface area contributed by atoms with E-state index in [2.05, 4.69) is 5.43 Å². The monoisotopic (exact) mass is 418 g/mol. The van der Waals surface area contributed by atoms with Gasteiger partial charge in [-0.1, -0.05) is 42.5 Å². The second-order valence-corrected chi connectivity index (χ2v) is 6.77. The Morgan fingerprint density at radius 3 is 2.42 bits per heavy atom. The van der Waals surface area contributed by atoms with Crippen LogP contribution in [0.3, 0.4) is 0 Å². The number of hydrazine groups is 1. The molecular weight excluding hydrogens is 399 g/mol. The van der Waals surface area contributed by atoms with Crippen LogP contribution in [-0.2, 0) is 16.2 Å². The Hall–Kier alpha value is -4.13. The van der Waals surface area contributed by atoms with Crippen LogP contribution in [0.1, 0.15) is 11.1 Å². The number of hydrogen-bond acceptors (Lipinski definition) is 4. The number of hydrogen-bond donors (Lipinski definition) is 1. The fourth-order valence-electron chi connectivity index (χ4n) is 3.18. The van der Waals surface area contributed by atoms with E-state index < -0.39 is 17.6 Å². The van der Waals surface area contributed by atoms with E-state index in [1.165, 1.54) is 37.5 Å². The van der Waals surface area contributed by atoms with Crippen LogP contribution in [0.2, 0.25) is 0 Å². The standard InChI is InChI=1S/C24H19FN2O4/c1-30-21-9-5-8-17(22(21)31-15-16-6-3-2-4-7-16)14-20-23(28)26-27(24(20)29)19-12-10-18(25)11-13-19/h2-14H,15H2,1H3,(H,26,28)/b20-14+. The number of nitrogens with one attached hydrogen (secondary N) is 1. The molecule has 0 saturated carbocycles. The van der Waals surface area contributed by atoms with Gasteiger partial charge in [0.15, 0.2) is 11.5 Å². The second kappa shape index (κ2) is 8.71. The summed E-state index contributed by atoms with van der Waals surface area (Å²) in [4.78, 5) is 25.4. The van der Waals surface area contributed by atoms with Gasteiger partial charge in [-0.25, -0.2) is 9.40 Å². The number of anilines is 1. The number of benzene rings is 3. The predicted molar refractivity (Wildman–Crippen MR) is 114 cm³/mol. The molecule has 0 radical (unpaired) electrons. The van der Waals surface area contributed by atoms with Gasteiger partial charge < -0.3 is 9.47 Å². The van der Waals surface area contributed by atoms with Crippen molar-refractivity contribution in [1.82, 2.24) is 5.43 Å². The van der Waals surface area contributed by atoms with Gasteiger partial charge in [-0.2, -0.15) is 0 Å². The number of carbonyl (C=O) groups excluding carboxylic acids is 2. The van der Waals surface area contributed by atoms with Crippen LogP contribution in [0.25, 0.3) is 6.08 Å². The minimum atomic E-state index is -0.564. The maximum atomic E-state index is 13.2. The minimum absolute atomic E-state index is 0.0675. The topological polar surface area (TPSA) is 67.9 Å². The van der Waals surface area contributed by atoms with Gasteiger partial charge in [0.05, 0.1) is 12.8 Å². The molecule has 1 heterocycles. The van der Waals surface area contributed by atoms with Gasteiger partial charge in [0.25, 0.3) is 11.8 Å². The fourth-order valence-corrected chi connectivity index (χ4v) is 3.18. The Morgan fingerprint density at radius 2 is 1.71 bits per heavy atom. The molecule has 0 bridgehead atoms. The van der Waals surface area contributed by atoms with Gasteiger partial charge in [-0.05, 0) is 42.0 Å². The zero-order valence-electron chi connectivity index (χ0n) is 16.7. The molecule has 1 fully saturated rings. The first-order valence-electron chi connectivity index (χ1n) is 9.53. The molecule has 0 atom stereocenters. The lowest BCUT2D eigenvalue weighted by atomic mass is 10.1. The fraction of sp³-hybridized carbons (Fsp3) is 0.0833. The zero-order valence-corrected chi connectivity index (χ0v) is 16.7. The molecule has 4 rings (SSSR count). The van der Waals surface area contributed by atoms with E-state index in [4.69, 9.17) is 9.47 Å². The molecule has 0 unspecified atom stereocenters.